The Morgan fingerprint density at radius 1 is 1.23 bits per heavy atom. The van der Waals surface area contributed by atoms with Gasteiger partial charge >= 0.3 is 0 Å². The van der Waals surface area contributed by atoms with Crippen LogP contribution >= 0.6 is 12.4 Å². The summed E-state index contributed by atoms with van der Waals surface area (Å²) in [6, 6.07) is 9.54. The molecular formula is C13H18ClN5O2S. The number of hydrogen-bond donors (Lipinski definition) is 1. The van der Waals surface area contributed by atoms with E-state index in [0.29, 0.717) is 13.1 Å². The fourth-order valence-corrected chi connectivity index (χ4v) is 4.23. The SMILES string of the molecule is Cl.Cn1nncc1S(=O)(=O)N1C[C@@H](N)[C@H](c2ccccc2)C1. The van der Waals surface area contributed by atoms with Crippen LogP contribution < -0.4 is 5.73 Å². The zero-order valence-corrected chi connectivity index (χ0v) is 13.7. The van der Waals surface area contributed by atoms with Gasteiger partial charge in [-0.2, -0.15) is 4.31 Å². The molecule has 1 fully saturated rings. The lowest BCUT2D eigenvalue weighted by Crippen LogP contribution is -2.33. The number of hydrogen-bond acceptors (Lipinski definition) is 5. The normalized spacial score (nSPS) is 22.5. The van der Waals surface area contributed by atoms with Gasteiger partial charge in [0.1, 0.15) is 0 Å². The van der Waals surface area contributed by atoms with E-state index >= 15 is 0 Å². The van der Waals surface area contributed by atoms with E-state index in [1.807, 2.05) is 30.3 Å². The average Bonchev–Trinajstić information content (AvgIpc) is 3.06. The van der Waals surface area contributed by atoms with Gasteiger partial charge in [0.05, 0.1) is 6.20 Å². The summed E-state index contributed by atoms with van der Waals surface area (Å²) < 4.78 is 27.9. The highest BCUT2D eigenvalue weighted by Gasteiger charge is 2.39. The quantitative estimate of drug-likeness (QED) is 0.868. The van der Waals surface area contributed by atoms with Gasteiger partial charge in [0.2, 0.25) is 0 Å². The number of rotatable bonds is 3. The first-order valence-electron chi connectivity index (χ1n) is 6.65. The summed E-state index contributed by atoms with van der Waals surface area (Å²) in [6.07, 6.45) is 1.26. The monoisotopic (exact) mass is 343 g/mol. The predicted molar refractivity (Wildman–Crippen MR) is 84.2 cm³/mol. The Morgan fingerprint density at radius 3 is 2.50 bits per heavy atom. The lowest BCUT2D eigenvalue weighted by molar-refractivity contribution is 0.460. The van der Waals surface area contributed by atoms with Crippen LogP contribution in [0.25, 0.3) is 0 Å². The highest BCUT2D eigenvalue weighted by molar-refractivity contribution is 7.89. The standard InChI is InChI=1S/C13H17N5O2S.ClH/c1-17-13(7-15-16-17)21(19,20)18-8-11(12(14)9-18)10-5-3-2-4-6-10;/h2-7,11-12H,8-9,14H2,1H3;1H/t11-,12+;/m0./s1. The van der Waals surface area contributed by atoms with Gasteiger partial charge in [0, 0.05) is 32.1 Å². The Morgan fingerprint density at radius 2 is 1.91 bits per heavy atom. The number of halogens is 1. The Balaban J connectivity index is 0.00000176. The van der Waals surface area contributed by atoms with E-state index in [1.54, 1.807) is 7.05 Å². The molecule has 0 amide bonds. The van der Waals surface area contributed by atoms with E-state index in [1.165, 1.54) is 15.2 Å². The van der Waals surface area contributed by atoms with Crippen molar-refractivity contribution < 1.29 is 8.42 Å². The molecule has 2 atom stereocenters. The maximum absolute atomic E-state index is 12.6. The summed E-state index contributed by atoms with van der Waals surface area (Å²) in [6.45, 7) is 0.672. The molecule has 0 aliphatic carbocycles. The van der Waals surface area contributed by atoms with Crippen LogP contribution in [0.1, 0.15) is 11.5 Å². The second kappa shape index (κ2) is 6.33. The molecule has 1 aromatic carbocycles. The summed E-state index contributed by atoms with van der Waals surface area (Å²) in [4.78, 5) is 0. The van der Waals surface area contributed by atoms with Crippen LogP contribution in [0, 0.1) is 0 Å². The fourth-order valence-electron chi connectivity index (χ4n) is 2.69. The van der Waals surface area contributed by atoms with Crippen molar-refractivity contribution >= 4 is 22.4 Å². The van der Waals surface area contributed by atoms with Gasteiger partial charge in [-0.1, -0.05) is 35.5 Å². The number of aromatic nitrogens is 3. The van der Waals surface area contributed by atoms with Crippen LogP contribution in [0.4, 0.5) is 0 Å². The number of nitrogens with zero attached hydrogens (tertiary/aromatic N) is 4. The van der Waals surface area contributed by atoms with E-state index in [4.69, 9.17) is 5.73 Å². The molecule has 0 saturated carbocycles. The summed E-state index contributed by atoms with van der Waals surface area (Å²) in [5, 5.41) is 7.40. The second-order valence-electron chi connectivity index (χ2n) is 5.20. The smallest absolute Gasteiger partial charge is 0.261 e. The van der Waals surface area contributed by atoms with Gasteiger partial charge in [-0.05, 0) is 5.56 Å². The maximum atomic E-state index is 12.6. The summed E-state index contributed by atoms with van der Waals surface area (Å²) in [7, 11) is -2.05. The summed E-state index contributed by atoms with van der Waals surface area (Å²) in [5.41, 5.74) is 7.21. The van der Waals surface area contributed by atoms with E-state index in [0.717, 1.165) is 5.56 Å². The van der Waals surface area contributed by atoms with Crippen LogP contribution in [0.15, 0.2) is 41.6 Å². The fraction of sp³-hybridized carbons (Fsp3) is 0.385. The third kappa shape index (κ3) is 2.87. The molecular weight excluding hydrogens is 326 g/mol. The minimum atomic E-state index is -3.61. The number of aryl methyl sites for hydroxylation is 1. The molecule has 7 nitrogen and oxygen atoms in total. The minimum Gasteiger partial charge on any atom is -0.326 e. The minimum absolute atomic E-state index is 0. The molecule has 1 aromatic heterocycles. The zero-order valence-electron chi connectivity index (χ0n) is 12.0. The van der Waals surface area contributed by atoms with Crippen molar-refractivity contribution in [3.63, 3.8) is 0 Å². The Labute approximate surface area is 135 Å². The highest BCUT2D eigenvalue weighted by atomic mass is 35.5. The molecule has 9 heteroatoms. The molecule has 0 unspecified atom stereocenters. The number of sulfonamides is 1. The molecule has 1 aliphatic rings. The van der Waals surface area contributed by atoms with E-state index in [2.05, 4.69) is 10.3 Å². The summed E-state index contributed by atoms with van der Waals surface area (Å²) >= 11 is 0. The molecule has 1 aliphatic heterocycles. The molecule has 2 aromatic rings. The Hall–Kier alpha value is -1.48. The maximum Gasteiger partial charge on any atom is 0.261 e. The molecule has 2 N–H and O–H groups in total. The molecule has 0 radical (unpaired) electrons. The van der Waals surface area contributed by atoms with Gasteiger partial charge in [-0.25, -0.2) is 13.1 Å². The topological polar surface area (TPSA) is 94.1 Å². The molecule has 2 heterocycles. The van der Waals surface area contributed by atoms with Crippen molar-refractivity contribution in [1.29, 1.82) is 0 Å². The van der Waals surface area contributed by atoms with Gasteiger partial charge in [0.15, 0.2) is 5.03 Å². The van der Waals surface area contributed by atoms with Crippen molar-refractivity contribution in [2.45, 2.75) is 17.0 Å². The van der Waals surface area contributed by atoms with Crippen molar-refractivity contribution in [3.05, 3.63) is 42.1 Å². The largest absolute Gasteiger partial charge is 0.326 e. The van der Waals surface area contributed by atoms with Crippen LogP contribution in [0.3, 0.4) is 0 Å². The lowest BCUT2D eigenvalue weighted by atomic mass is 9.95. The Bertz CT molecular complexity index is 734. The number of nitrogens with two attached hydrogens (primary N) is 1. The van der Waals surface area contributed by atoms with E-state index < -0.39 is 10.0 Å². The first-order valence-corrected chi connectivity index (χ1v) is 8.09. The van der Waals surface area contributed by atoms with Crippen molar-refractivity contribution in [2.24, 2.45) is 12.8 Å². The average molecular weight is 344 g/mol. The summed E-state index contributed by atoms with van der Waals surface area (Å²) in [5.74, 6) is 0.00200. The third-order valence-corrected chi connectivity index (χ3v) is 5.71. The lowest BCUT2D eigenvalue weighted by Gasteiger charge is -2.16. The molecule has 0 spiro atoms. The first kappa shape index (κ1) is 16.9. The predicted octanol–water partition coefficient (Wildman–Crippen LogP) is 0.352. The van der Waals surface area contributed by atoms with Crippen molar-refractivity contribution in [2.75, 3.05) is 13.1 Å². The van der Waals surface area contributed by atoms with Crippen LogP contribution in [0.5, 0.6) is 0 Å². The second-order valence-corrected chi connectivity index (χ2v) is 7.08. The van der Waals surface area contributed by atoms with E-state index in [9.17, 15) is 8.42 Å². The van der Waals surface area contributed by atoms with Crippen LogP contribution in [0.2, 0.25) is 0 Å². The first-order chi connectivity index (χ1) is 10.00. The van der Waals surface area contributed by atoms with Crippen molar-refractivity contribution in [3.8, 4) is 0 Å². The molecule has 1 saturated heterocycles. The van der Waals surface area contributed by atoms with E-state index in [-0.39, 0.29) is 29.4 Å². The van der Waals surface area contributed by atoms with Crippen LogP contribution in [-0.4, -0.2) is 46.8 Å². The van der Waals surface area contributed by atoms with Crippen molar-refractivity contribution in [1.82, 2.24) is 19.3 Å². The van der Waals surface area contributed by atoms with Gasteiger partial charge < -0.3 is 5.73 Å². The molecule has 120 valence electrons. The molecule has 3 rings (SSSR count). The molecule has 22 heavy (non-hydrogen) atoms. The van der Waals surface area contributed by atoms with Gasteiger partial charge in [0.25, 0.3) is 10.0 Å². The number of benzene rings is 1. The Kier molecular flexibility index (Phi) is 4.86. The van der Waals surface area contributed by atoms with Gasteiger partial charge in [-0.15, -0.1) is 17.5 Å². The highest BCUT2D eigenvalue weighted by Crippen LogP contribution is 2.29. The third-order valence-electron chi connectivity index (χ3n) is 3.84. The van der Waals surface area contributed by atoms with Gasteiger partial charge in [-0.3, -0.25) is 0 Å². The van der Waals surface area contributed by atoms with Crippen LogP contribution in [-0.2, 0) is 17.1 Å². The molecule has 0 bridgehead atoms. The zero-order chi connectivity index (χ0) is 15.0.